The molecule has 25 heavy (non-hydrogen) atoms. The fraction of sp³-hybridized carbons (Fsp3) is 0.300. The lowest BCUT2D eigenvalue weighted by atomic mass is 9.94. The second kappa shape index (κ2) is 7.07. The second-order valence-corrected chi connectivity index (χ2v) is 6.57. The van der Waals surface area contributed by atoms with E-state index in [0.717, 1.165) is 16.7 Å². The number of hydrogen-bond donors (Lipinski definition) is 2. The van der Waals surface area contributed by atoms with Gasteiger partial charge in [0.15, 0.2) is 0 Å². The highest BCUT2D eigenvalue weighted by molar-refractivity contribution is 5.93. The van der Waals surface area contributed by atoms with Gasteiger partial charge < -0.3 is 4.90 Å². The molecule has 0 fully saturated rings. The normalized spacial score (nSPS) is 14.6. The third-order valence-corrected chi connectivity index (χ3v) is 4.84. The van der Waals surface area contributed by atoms with Crippen LogP contribution in [-0.2, 0) is 17.8 Å². The highest BCUT2D eigenvalue weighted by Gasteiger charge is 2.26. The lowest BCUT2D eigenvalue weighted by Crippen LogP contribution is -2.38. The van der Waals surface area contributed by atoms with Crippen LogP contribution in [0.4, 0.5) is 0 Å². The van der Waals surface area contributed by atoms with Crippen molar-refractivity contribution in [3.63, 3.8) is 0 Å². The van der Waals surface area contributed by atoms with E-state index in [9.17, 15) is 9.59 Å². The quantitative estimate of drug-likeness (QED) is 0.668. The molecule has 1 atom stereocenters. The van der Waals surface area contributed by atoms with E-state index in [2.05, 4.69) is 0 Å². The predicted molar refractivity (Wildman–Crippen MR) is 94.4 cm³/mol. The molecule has 1 aliphatic rings. The molecule has 0 aromatic heterocycles. The van der Waals surface area contributed by atoms with Crippen LogP contribution in [0.3, 0.4) is 0 Å². The summed E-state index contributed by atoms with van der Waals surface area (Å²) in [5.74, 6) is -0.581. The SMILES string of the molecule is Cc1ccc(C(C)C(=O)N2CCc3cc(C(=O)NO)ccc3C2)cc1. The molecule has 0 aliphatic carbocycles. The van der Waals surface area contributed by atoms with Gasteiger partial charge in [-0.2, -0.15) is 0 Å². The fourth-order valence-electron chi connectivity index (χ4n) is 3.22. The van der Waals surface area contributed by atoms with Gasteiger partial charge in [0.05, 0.1) is 5.92 Å². The number of fused-ring (bicyclic) bond motifs is 1. The van der Waals surface area contributed by atoms with Crippen molar-refractivity contribution in [3.8, 4) is 0 Å². The lowest BCUT2D eigenvalue weighted by molar-refractivity contribution is -0.133. The molecule has 0 spiro atoms. The maximum atomic E-state index is 12.8. The molecule has 0 bridgehead atoms. The van der Waals surface area contributed by atoms with Crippen LogP contribution in [0.15, 0.2) is 42.5 Å². The summed E-state index contributed by atoms with van der Waals surface area (Å²) in [6, 6.07) is 13.4. The second-order valence-electron chi connectivity index (χ2n) is 6.57. The first-order chi connectivity index (χ1) is 12.0. The Bertz CT molecular complexity index is 799. The molecule has 2 aromatic rings. The smallest absolute Gasteiger partial charge is 0.274 e. The molecule has 2 aromatic carbocycles. The van der Waals surface area contributed by atoms with Crippen molar-refractivity contribution in [2.24, 2.45) is 0 Å². The molecule has 1 aliphatic heterocycles. The minimum atomic E-state index is -0.519. The Hall–Kier alpha value is -2.66. The van der Waals surface area contributed by atoms with Gasteiger partial charge >= 0.3 is 0 Å². The lowest BCUT2D eigenvalue weighted by Gasteiger charge is -2.31. The van der Waals surface area contributed by atoms with Crippen molar-refractivity contribution < 1.29 is 14.8 Å². The van der Waals surface area contributed by atoms with Gasteiger partial charge in [0.2, 0.25) is 5.91 Å². The molecule has 130 valence electrons. The summed E-state index contributed by atoms with van der Waals surface area (Å²) in [5.41, 5.74) is 6.37. The van der Waals surface area contributed by atoms with Gasteiger partial charge in [-0.05, 0) is 49.1 Å². The maximum Gasteiger partial charge on any atom is 0.274 e. The zero-order chi connectivity index (χ0) is 18.0. The Kier molecular flexibility index (Phi) is 4.86. The molecule has 0 radical (unpaired) electrons. The molecular formula is C20H22N2O3. The first kappa shape index (κ1) is 17.2. The zero-order valence-electron chi connectivity index (χ0n) is 14.5. The molecule has 0 saturated carbocycles. The molecule has 1 heterocycles. The standard InChI is InChI=1S/C20H22N2O3/c1-13-3-5-15(6-4-13)14(2)20(24)22-10-9-16-11-17(19(23)21-25)7-8-18(16)12-22/h3-8,11,14,25H,9-10,12H2,1-2H3,(H,21,23). The van der Waals surface area contributed by atoms with E-state index >= 15 is 0 Å². The van der Waals surface area contributed by atoms with E-state index in [-0.39, 0.29) is 11.8 Å². The molecule has 2 amide bonds. The average molecular weight is 338 g/mol. The molecule has 2 N–H and O–H groups in total. The van der Waals surface area contributed by atoms with Crippen molar-refractivity contribution in [2.75, 3.05) is 6.54 Å². The third-order valence-electron chi connectivity index (χ3n) is 4.84. The molecule has 5 heteroatoms. The van der Waals surface area contributed by atoms with E-state index in [1.807, 2.05) is 49.1 Å². The number of hydrogen-bond acceptors (Lipinski definition) is 3. The van der Waals surface area contributed by atoms with Crippen LogP contribution in [0, 0.1) is 6.92 Å². The monoisotopic (exact) mass is 338 g/mol. The van der Waals surface area contributed by atoms with Crippen LogP contribution in [-0.4, -0.2) is 28.5 Å². The predicted octanol–water partition coefficient (Wildman–Crippen LogP) is 2.80. The van der Waals surface area contributed by atoms with Crippen molar-refractivity contribution in [1.29, 1.82) is 0 Å². The van der Waals surface area contributed by atoms with Crippen molar-refractivity contribution in [1.82, 2.24) is 10.4 Å². The van der Waals surface area contributed by atoms with Crippen LogP contribution >= 0.6 is 0 Å². The van der Waals surface area contributed by atoms with Crippen molar-refractivity contribution >= 4 is 11.8 Å². The minimum absolute atomic E-state index is 0.117. The van der Waals surface area contributed by atoms with Crippen LogP contribution in [0.5, 0.6) is 0 Å². The largest absolute Gasteiger partial charge is 0.338 e. The first-order valence-electron chi connectivity index (χ1n) is 8.41. The van der Waals surface area contributed by atoms with E-state index in [1.54, 1.807) is 17.6 Å². The number of aryl methyl sites for hydroxylation is 1. The minimum Gasteiger partial charge on any atom is -0.338 e. The maximum absolute atomic E-state index is 12.8. The van der Waals surface area contributed by atoms with Gasteiger partial charge in [-0.1, -0.05) is 35.9 Å². The Balaban J connectivity index is 1.74. The number of carbonyl (C=O) groups is 2. The molecule has 1 unspecified atom stereocenters. The Morgan fingerprint density at radius 2 is 1.84 bits per heavy atom. The highest BCUT2D eigenvalue weighted by atomic mass is 16.5. The number of amides is 2. The summed E-state index contributed by atoms with van der Waals surface area (Å²) in [6.07, 6.45) is 0.703. The van der Waals surface area contributed by atoms with Gasteiger partial charge in [-0.3, -0.25) is 14.8 Å². The van der Waals surface area contributed by atoms with E-state index in [0.29, 0.717) is 25.1 Å². The number of hydroxylamine groups is 1. The summed E-state index contributed by atoms with van der Waals surface area (Å²) in [4.78, 5) is 26.2. The summed E-state index contributed by atoms with van der Waals surface area (Å²) in [5, 5.41) is 8.74. The third kappa shape index (κ3) is 3.56. The van der Waals surface area contributed by atoms with Gasteiger partial charge in [-0.25, -0.2) is 5.48 Å². The summed E-state index contributed by atoms with van der Waals surface area (Å²) in [7, 11) is 0. The average Bonchev–Trinajstić information content (AvgIpc) is 2.66. The number of nitrogens with zero attached hydrogens (tertiary/aromatic N) is 1. The Labute approximate surface area is 147 Å². The number of benzene rings is 2. The number of nitrogens with one attached hydrogen (secondary N) is 1. The molecular weight excluding hydrogens is 316 g/mol. The summed E-state index contributed by atoms with van der Waals surface area (Å²) >= 11 is 0. The molecule has 5 nitrogen and oxygen atoms in total. The topological polar surface area (TPSA) is 69.6 Å². The Morgan fingerprint density at radius 1 is 1.12 bits per heavy atom. The molecule has 3 rings (SSSR count). The van der Waals surface area contributed by atoms with Gasteiger partial charge in [0.25, 0.3) is 5.91 Å². The van der Waals surface area contributed by atoms with Gasteiger partial charge in [0, 0.05) is 18.7 Å². The van der Waals surface area contributed by atoms with Crippen LogP contribution in [0.1, 0.15) is 45.5 Å². The van der Waals surface area contributed by atoms with Crippen LogP contribution in [0.2, 0.25) is 0 Å². The van der Waals surface area contributed by atoms with E-state index < -0.39 is 5.91 Å². The zero-order valence-corrected chi connectivity index (χ0v) is 14.5. The van der Waals surface area contributed by atoms with Crippen LogP contribution in [0.25, 0.3) is 0 Å². The van der Waals surface area contributed by atoms with Crippen molar-refractivity contribution in [3.05, 3.63) is 70.3 Å². The first-order valence-corrected chi connectivity index (χ1v) is 8.41. The molecule has 0 saturated heterocycles. The van der Waals surface area contributed by atoms with Gasteiger partial charge in [-0.15, -0.1) is 0 Å². The van der Waals surface area contributed by atoms with E-state index in [1.165, 1.54) is 5.56 Å². The summed E-state index contributed by atoms with van der Waals surface area (Å²) < 4.78 is 0. The van der Waals surface area contributed by atoms with Gasteiger partial charge in [0.1, 0.15) is 0 Å². The van der Waals surface area contributed by atoms with Crippen LogP contribution < -0.4 is 5.48 Å². The summed E-state index contributed by atoms with van der Waals surface area (Å²) in [6.45, 7) is 5.15. The fourth-order valence-corrected chi connectivity index (χ4v) is 3.22. The van der Waals surface area contributed by atoms with Crippen molar-refractivity contribution in [2.45, 2.75) is 32.7 Å². The number of rotatable bonds is 3. The highest BCUT2D eigenvalue weighted by Crippen LogP contribution is 2.25. The Morgan fingerprint density at radius 3 is 2.52 bits per heavy atom. The number of carbonyl (C=O) groups excluding carboxylic acids is 2. The van der Waals surface area contributed by atoms with E-state index in [4.69, 9.17) is 5.21 Å².